The molecule has 0 bridgehead atoms. The molecule has 0 aliphatic heterocycles. The lowest BCUT2D eigenvalue weighted by Gasteiger charge is -2.02. The Morgan fingerprint density at radius 3 is 2.58 bits per heavy atom. The predicted octanol–water partition coefficient (Wildman–Crippen LogP) is 2.50. The first-order valence-electron chi connectivity index (χ1n) is 7.43. The number of fused-ring (bicyclic) bond motifs is 1. The van der Waals surface area contributed by atoms with Gasteiger partial charge in [-0.1, -0.05) is 30.3 Å². The Hall–Kier alpha value is -3.41. The van der Waals surface area contributed by atoms with Crippen LogP contribution in [0, 0.1) is 0 Å². The van der Waals surface area contributed by atoms with Crippen LogP contribution in [-0.2, 0) is 0 Å². The summed E-state index contributed by atoms with van der Waals surface area (Å²) in [6, 6.07) is 14.4. The third-order valence-electron chi connectivity index (χ3n) is 3.41. The highest BCUT2D eigenvalue weighted by Gasteiger charge is 2.21. The maximum absolute atomic E-state index is 12.5. The molecule has 120 valence electrons. The number of benzene rings is 1. The molecule has 0 spiro atoms. The van der Waals surface area contributed by atoms with E-state index in [4.69, 9.17) is 0 Å². The zero-order chi connectivity index (χ0) is 16.9. The molecule has 1 aromatic carbocycles. The summed E-state index contributed by atoms with van der Waals surface area (Å²) in [5.74, 6) is -0.576. The Balaban J connectivity index is 1.97. The molecule has 0 aliphatic carbocycles. The fourth-order valence-electron chi connectivity index (χ4n) is 2.32. The number of pyridine rings is 1. The van der Waals surface area contributed by atoms with Gasteiger partial charge in [-0.05, 0) is 24.3 Å². The normalized spacial score (nSPS) is 10.3. The van der Waals surface area contributed by atoms with Crippen LogP contribution >= 0.6 is 0 Å². The predicted molar refractivity (Wildman–Crippen MR) is 92.1 cm³/mol. The van der Waals surface area contributed by atoms with Gasteiger partial charge in [-0.3, -0.25) is 14.0 Å². The number of hydrogen-bond donors (Lipinski definition) is 2. The number of anilines is 1. The molecule has 2 heterocycles. The fraction of sp³-hybridized carbons (Fsp3) is 0.0556. The minimum Gasteiger partial charge on any atom is -0.346 e. The molecular formula is C18H16N4O2. The Bertz CT molecular complexity index is 900. The topological polar surface area (TPSA) is 75.5 Å². The van der Waals surface area contributed by atoms with E-state index in [1.807, 2.05) is 18.2 Å². The van der Waals surface area contributed by atoms with Gasteiger partial charge < -0.3 is 10.6 Å². The van der Waals surface area contributed by atoms with Gasteiger partial charge >= 0.3 is 0 Å². The van der Waals surface area contributed by atoms with Crippen LogP contribution in [-0.4, -0.2) is 27.7 Å². The van der Waals surface area contributed by atoms with E-state index in [2.05, 4.69) is 22.2 Å². The number of nitrogens with zero attached hydrogens (tertiary/aromatic N) is 2. The quantitative estimate of drug-likeness (QED) is 0.709. The second kappa shape index (κ2) is 6.78. The van der Waals surface area contributed by atoms with Crippen LogP contribution in [0.3, 0.4) is 0 Å². The molecule has 0 radical (unpaired) electrons. The van der Waals surface area contributed by atoms with E-state index in [9.17, 15) is 9.59 Å². The smallest absolute Gasteiger partial charge is 0.287 e. The third kappa shape index (κ3) is 3.03. The second-order valence-corrected chi connectivity index (χ2v) is 5.06. The Kier molecular flexibility index (Phi) is 4.38. The lowest BCUT2D eigenvalue weighted by molar-refractivity contribution is 0.0947. The molecule has 2 aromatic heterocycles. The lowest BCUT2D eigenvalue weighted by Crippen LogP contribution is -2.25. The van der Waals surface area contributed by atoms with Gasteiger partial charge in [0, 0.05) is 18.4 Å². The molecule has 3 aromatic rings. The summed E-state index contributed by atoms with van der Waals surface area (Å²) >= 11 is 0. The van der Waals surface area contributed by atoms with Crippen LogP contribution in [0.2, 0.25) is 0 Å². The van der Waals surface area contributed by atoms with Crippen molar-refractivity contribution in [3.8, 4) is 0 Å². The summed E-state index contributed by atoms with van der Waals surface area (Å²) in [6.45, 7) is 3.89. The van der Waals surface area contributed by atoms with E-state index in [1.54, 1.807) is 47.0 Å². The standard InChI is InChI=1S/C18H16N4O2/c1-2-11-19-18(24)16-21-15(14-10-6-7-12-22(14)16)17(23)20-13-8-4-3-5-9-13/h2-10,12H,1,11H2,(H,19,24)(H,20,23). The number of nitrogens with one attached hydrogen (secondary N) is 2. The van der Waals surface area contributed by atoms with Crippen LogP contribution in [0.4, 0.5) is 5.69 Å². The van der Waals surface area contributed by atoms with Crippen molar-refractivity contribution >= 4 is 23.0 Å². The first-order valence-corrected chi connectivity index (χ1v) is 7.43. The van der Waals surface area contributed by atoms with Crippen molar-refractivity contribution in [3.05, 3.63) is 78.9 Å². The lowest BCUT2D eigenvalue weighted by atomic mass is 10.3. The first-order chi connectivity index (χ1) is 11.7. The SMILES string of the molecule is C=CCNC(=O)c1nc(C(=O)Nc2ccccc2)c2ccccn12. The number of rotatable bonds is 5. The van der Waals surface area contributed by atoms with E-state index < -0.39 is 0 Å². The number of para-hydroxylation sites is 1. The van der Waals surface area contributed by atoms with E-state index in [-0.39, 0.29) is 23.3 Å². The van der Waals surface area contributed by atoms with Crippen molar-refractivity contribution < 1.29 is 9.59 Å². The highest BCUT2D eigenvalue weighted by atomic mass is 16.2. The van der Waals surface area contributed by atoms with Crippen LogP contribution in [0.1, 0.15) is 21.1 Å². The van der Waals surface area contributed by atoms with Gasteiger partial charge in [-0.15, -0.1) is 6.58 Å². The molecule has 6 nitrogen and oxygen atoms in total. The highest BCUT2D eigenvalue weighted by molar-refractivity contribution is 6.08. The summed E-state index contributed by atoms with van der Waals surface area (Å²) in [5.41, 5.74) is 1.43. The molecule has 2 amide bonds. The zero-order valence-electron chi connectivity index (χ0n) is 12.9. The van der Waals surface area contributed by atoms with Gasteiger partial charge in [0.25, 0.3) is 11.8 Å². The number of amides is 2. The number of hydrogen-bond acceptors (Lipinski definition) is 3. The maximum atomic E-state index is 12.5. The van der Waals surface area contributed by atoms with Gasteiger partial charge in [0.1, 0.15) is 0 Å². The molecule has 0 fully saturated rings. The monoisotopic (exact) mass is 320 g/mol. The summed E-state index contributed by atoms with van der Waals surface area (Å²) in [6.07, 6.45) is 3.28. The summed E-state index contributed by atoms with van der Waals surface area (Å²) < 4.78 is 1.60. The van der Waals surface area contributed by atoms with Crippen LogP contribution < -0.4 is 10.6 Å². The molecule has 0 saturated carbocycles. The van der Waals surface area contributed by atoms with Crippen molar-refractivity contribution in [2.75, 3.05) is 11.9 Å². The summed E-state index contributed by atoms with van der Waals surface area (Å²) in [7, 11) is 0. The molecule has 0 aliphatic rings. The zero-order valence-corrected chi connectivity index (χ0v) is 12.9. The molecule has 0 atom stereocenters. The second-order valence-electron chi connectivity index (χ2n) is 5.06. The molecule has 6 heteroatoms. The number of aromatic nitrogens is 2. The molecule has 2 N–H and O–H groups in total. The average molecular weight is 320 g/mol. The summed E-state index contributed by atoms with van der Waals surface area (Å²) in [4.78, 5) is 29.0. The van der Waals surface area contributed by atoms with Gasteiger partial charge in [-0.25, -0.2) is 4.98 Å². The van der Waals surface area contributed by atoms with Crippen molar-refractivity contribution in [1.29, 1.82) is 0 Å². The van der Waals surface area contributed by atoms with E-state index in [0.29, 0.717) is 17.7 Å². The molecule has 0 unspecified atom stereocenters. The Morgan fingerprint density at radius 2 is 1.83 bits per heavy atom. The average Bonchev–Trinajstić information content (AvgIpc) is 3.00. The van der Waals surface area contributed by atoms with Crippen molar-refractivity contribution in [2.24, 2.45) is 0 Å². The summed E-state index contributed by atoms with van der Waals surface area (Å²) in [5, 5.41) is 5.45. The van der Waals surface area contributed by atoms with Gasteiger partial charge in [0.2, 0.25) is 5.82 Å². The maximum Gasteiger partial charge on any atom is 0.287 e. The van der Waals surface area contributed by atoms with E-state index >= 15 is 0 Å². The van der Waals surface area contributed by atoms with Crippen LogP contribution in [0.25, 0.3) is 5.52 Å². The molecule has 0 saturated heterocycles. The first kappa shape index (κ1) is 15.5. The largest absolute Gasteiger partial charge is 0.346 e. The molecule has 3 rings (SSSR count). The molecular weight excluding hydrogens is 304 g/mol. The van der Waals surface area contributed by atoms with Gasteiger partial charge in [-0.2, -0.15) is 0 Å². The number of imidazole rings is 1. The third-order valence-corrected chi connectivity index (χ3v) is 3.41. The van der Waals surface area contributed by atoms with E-state index in [1.165, 1.54) is 0 Å². The minimum absolute atomic E-state index is 0.158. The minimum atomic E-state index is -0.368. The Labute approximate surface area is 138 Å². The Morgan fingerprint density at radius 1 is 1.08 bits per heavy atom. The number of carbonyl (C=O) groups excluding carboxylic acids is 2. The highest BCUT2D eigenvalue weighted by Crippen LogP contribution is 2.15. The van der Waals surface area contributed by atoms with Gasteiger partial charge in [0.05, 0.1) is 5.52 Å². The fourth-order valence-corrected chi connectivity index (χ4v) is 2.32. The molecule has 24 heavy (non-hydrogen) atoms. The van der Waals surface area contributed by atoms with Crippen molar-refractivity contribution in [3.63, 3.8) is 0 Å². The number of carbonyl (C=O) groups is 2. The van der Waals surface area contributed by atoms with Crippen LogP contribution in [0.5, 0.6) is 0 Å². The van der Waals surface area contributed by atoms with Crippen LogP contribution in [0.15, 0.2) is 67.4 Å². The van der Waals surface area contributed by atoms with Gasteiger partial charge in [0.15, 0.2) is 5.69 Å². The van der Waals surface area contributed by atoms with Crippen molar-refractivity contribution in [1.82, 2.24) is 14.7 Å². The van der Waals surface area contributed by atoms with E-state index in [0.717, 1.165) is 0 Å². The van der Waals surface area contributed by atoms with Crippen molar-refractivity contribution in [2.45, 2.75) is 0 Å².